The summed E-state index contributed by atoms with van der Waals surface area (Å²) in [6.07, 6.45) is 0.702. The molecule has 3 heterocycles. The van der Waals surface area contributed by atoms with Gasteiger partial charge in [-0.15, -0.1) is 0 Å². The maximum absolute atomic E-state index is 13.0. The summed E-state index contributed by atoms with van der Waals surface area (Å²) in [5, 5.41) is 6.71. The number of fused-ring (bicyclic) bond motifs is 1. The molecule has 3 aromatic heterocycles. The first-order chi connectivity index (χ1) is 16.9. The first-order valence-electron chi connectivity index (χ1n) is 10.6. The van der Waals surface area contributed by atoms with Crippen molar-refractivity contribution in [2.45, 2.75) is 6.18 Å². The number of aromatic amines is 1. The van der Waals surface area contributed by atoms with E-state index in [9.17, 15) is 18.0 Å². The molecule has 0 spiro atoms. The van der Waals surface area contributed by atoms with Crippen LogP contribution in [0.3, 0.4) is 0 Å². The van der Waals surface area contributed by atoms with E-state index in [0.29, 0.717) is 22.6 Å². The Labute approximate surface area is 197 Å². The second-order valence-electron chi connectivity index (χ2n) is 7.78. The lowest BCUT2D eigenvalue weighted by molar-refractivity contribution is -0.137. The van der Waals surface area contributed by atoms with Crippen LogP contribution in [0.15, 0.2) is 91.4 Å². The van der Waals surface area contributed by atoms with Gasteiger partial charge in [-0.25, -0.2) is 4.98 Å². The zero-order valence-electron chi connectivity index (χ0n) is 18.1. The van der Waals surface area contributed by atoms with Gasteiger partial charge in [-0.05, 0) is 60.7 Å². The summed E-state index contributed by atoms with van der Waals surface area (Å²) in [6.45, 7) is 0. The van der Waals surface area contributed by atoms with Crippen molar-refractivity contribution in [2.75, 3.05) is 10.6 Å². The minimum absolute atomic E-state index is 0.0625. The summed E-state index contributed by atoms with van der Waals surface area (Å²) in [4.78, 5) is 24.7. The molecule has 0 saturated heterocycles. The molecule has 0 aliphatic heterocycles. The molecule has 0 aliphatic carbocycles. The maximum atomic E-state index is 13.0. The van der Waals surface area contributed by atoms with Crippen LogP contribution in [0.4, 0.5) is 30.2 Å². The Kier molecular flexibility index (Phi) is 5.66. The number of nitrogens with zero attached hydrogens (tertiary/aromatic N) is 2. The van der Waals surface area contributed by atoms with Gasteiger partial charge in [0.1, 0.15) is 5.65 Å². The third-order valence-electron chi connectivity index (χ3n) is 5.34. The first-order valence-corrected chi connectivity index (χ1v) is 10.6. The lowest BCUT2D eigenvalue weighted by Crippen LogP contribution is -2.13. The lowest BCUT2D eigenvalue weighted by atomic mass is 10.1. The average Bonchev–Trinajstić information content (AvgIpc) is 3.34. The van der Waals surface area contributed by atoms with Gasteiger partial charge in [0, 0.05) is 46.5 Å². The fourth-order valence-corrected chi connectivity index (χ4v) is 3.67. The van der Waals surface area contributed by atoms with E-state index in [-0.39, 0.29) is 5.69 Å². The third kappa shape index (κ3) is 4.84. The smallest absolute Gasteiger partial charge is 0.355 e. The number of nitrogens with one attached hydrogen (secondary N) is 3. The molecule has 0 aliphatic rings. The zero-order chi connectivity index (χ0) is 24.4. The van der Waals surface area contributed by atoms with Crippen LogP contribution in [0.5, 0.6) is 0 Å². The number of aromatic nitrogens is 3. The van der Waals surface area contributed by atoms with Crippen molar-refractivity contribution < 1.29 is 18.0 Å². The molecule has 0 atom stereocenters. The predicted molar refractivity (Wildman–Crippen MR) is 128 cm³/mol. The fourth-order valence-electron chi connectivity index (χ4n) is 3.67. The first kappa shape index (κ1) is 22.1. The van der Waals surface area contributed by atoms with Crippen LogP contribution in [0.25, 0.3) is 22.3 Å². The number of halogens is 3. The largest absolute Gasteiger partial charge is 0.416 e. The highest BCUT2D eigenvalue weighted by Gasteiger charge is 2.30. The molecule has 35 heavy (non-hydrogen) atoms. The summed E-state index contributed by atoms with van der Waals surface area (Å²) in [5.74, 6) is -0.523. The zero-order valence-corrected chi connectivity index (χ0v) is 18.1. The van der Waals surface area contributed by atoms with E-state index in [1.807, 2.05) is 24.3 Å². The number of hydrogen-bond donors (Lipinski definition) is 3. The molecule has 0 saturated carbocycles. The van der Waals surface area contributed by atoms with E-state index in [2.05, 4.69) is 25.6 Å². The van der Waals surface area contributed by atoms with Crippen molar-refractivity contribution in [1.29, 1.82) is 0 Å². The van der Waals surface area contributed by atoms with Crippen LogP contribution in [0.1, 0.15) is 15.9 Å². The van der Waals surface area contributed by atoms with Crippen LogP contribution in [0, 0.1) is 0 Å². The van der Waals surface area contributed by atoms with E-state index in [4.69, 9.17) is 0 Å². The molecule has 1 amide bonds. The molecule has 3 N–H and O–H groups in total. The molecule has 9 heteroatoms. The highest BCUT2D eigenvalue weighted by molar-refractivity contribution is 6.05. The van der Waals surface area contributed by atoms with Crippen LogP contribution in [-0.2, 0) is 6.18 Å². The number of carbonyl (C=O) groups is 1. The van der Waals surface area contributed by atoms with Gasteiger partial charge in [-0.3, -0.25) is 9.78 Å². The molecular formula is C26H18F3N5O. The van der Waals surface area contributed by atoms with E-state index in [1.54, 1.807) is 42.9 Å². The van der Waals surface area contributed by atoms with Crippen LogP contribution >= 0.6 is 0 Å². The van der Waals surface area contributed by atoms with Gasteiger partial charge in [0.05, 0.1) is 16.9 Å². The molecule has 0 fully saturated rings. The van der Waals surface area contributed by atoms with E-state index >= 15 is 0 Å². The highest BCUT2D eigenvalue weighted by atomic mass is 19.4. The molecule has 0 unspecified atom stereocenters. The quantitative estimate of drug-likeness (QED) is 0.267. The number of rotatable bonds is 5. The fraction of sp³-hybridized carbons (Fsp3) is 0.0385. The van der Waals surface area contributed by atoms with Gasteiger partial charge in [-0.1, -0.05) is 12.1 Å². The lowest BCUT2D eigenvalue weighted by Gasteiger charge is -2.12. The van der Waals surface area contributed by atoms with E-state index < -0.39 is 17.6 Å². The summed E-state index contributed by atoms with van der Waals surface area (Å²) in [5.41, 5.74) is 3.18. The van der Waals surface area contributed by atoms with Gasteiger partial charge < -0.3 is 15.6 Å². The van der Waals surface area contributed by atoms with Crippen molar-refractivity contribution in [3.8, 4) is 11.3 Å². The van der Waals surface area contributed by atoms with Crippen LogP contribution in [-0.4, -0.2) is 20.9 Å². The Morgan fingerprint density at radius 2 is 1.74 bits per heavy atom. The molecule has 2 aromatic carbocycles. The molecule has 5 rings (SSSR count). The van der Waals surface area contributed by atoms with Crippen LogP contribution in [0.2, 0.25) is 0 Å². The normalized spacial score (nSPS) is 11.4. The Bertz CT molecular complexity index is 1510. The van der Waals surface area contributed by atoms with Gasteiger partial charge in [0.15, 0.2) is 0 Å². The maximum Gasteiger partial charge on any atom is 0.416 e. The number of anilines is 3. The molecular weight excluding hydrogens is 455 g/mol. The number of H-pyrrole nitrogens is 1. The predicted octanol–water partition coefficient (Wildman–Crippen LogP) is 6.64. The SMILES string of the molecule is O=C(Nc1cccc(C(F)(F)F)c1)c1cccc(Nc2cc(-c3cccnc3)nc3[nH]ccc23)c1. The van der Waals surface area contributed by atoms with Gasteiger partial charge in [-0.2, -0.15) is 13.2 Å². The second-order valence-corrected chi connectivity index (χ2v) is 7.78. The van der Waals surface area contributed by atoms with Crippen molar-refractivity contribution in [3.63, 3.8) is 0 Å². The van der Waals surface area contributed by atoms with E-state index in [0.717, 1.165) is 28.8 Å². The standard InChI is InChI=1S/C26H18F3N5O/c27-26(28,29)18-6-2-8-20(13-18)33-25(35)16-4-1-7-19(12-16)32-23-14-22(17-5-3-10-30-15-17)34-24-21(23)9-11-31-24/h1-15H,(H,33,35)(H2,31,32,34). The number of carbonyl (C=O) groups excluding carboxylic acids is 1. The topological polar surface area (TPSA) is 82.7 Å². The number of amides is 1. The van der Waals surface area contributed by atoms with Gasteiger partial charge in [0.2, 0.25) is 0 Å². The minimum Gasteiger partial charge on any atom is -0.355 e. The average molecular weight is 473 g/mol. The molecule has 174 valence electrons. The van der Waals surface area contributed by atoms with Crippen molar-refractivity contribution in [3.05, 3.63) is 103 Å². The third-order valence-corrected chi connectivity index (χ3v) is 5.34. The van der Waals surface area contributed by atoms with Crippen LogP contribution < -0.4 is 10.6 Å². The van der Waals surface area contributed by atoms with Crippen molar-refractivity contribution in [2.24, 2.45) is 0 Å². The Morgan fingerprint density at radius 3 is 2.54 bits per heavy atom. The molecule has 6 nitrogen and oxygen atoms in total. The summed E-state index contributed by atoms with van der Waals surface area (Å²) in [7, 11) is 0. The Hall–Kier alpha value is -4.66. The summed E-state index contributed by atoms with van der Waals surface area (Å²) in [6, 6.07) is 18.8. The van der Waals surface area contributed by atoms with Gasteiger partial charge in [0.25, 0.3) is 5.91 Å². The Balaban J connectivity index is 1.41. The second kappa shape index (κ2) is 8.94. The number of hydrogen-bond acceptors (Lipinski definition) is 4. The van der Waals surface area contributed by atoms with Crippen molar-refractivity contribution in [1.82, 2.24) is 15.0 Å². The van der Waals surface area contributed by atoms with Crippen molar-refractivity contribution >= 4 is 34.0 Å². The molecule has 0 radical (unpaired) electrons. The minimum atomic E-state index is -4.49. The number of alkyl halides is 3. The van der Waals surface area contributed by atoms with Gasteiger partial charge >= 0.3 is 6.18 Å². The summed E-state index contributed by atoms with van der Waals surface area (Å²) < 4.78 is 38.9. The number of pyridine rings is 2. The number of benzene rings is 2. The molecule has 0 bridgehead atoms. The Morgan fingerprint density at radius 1 is 0.914 bits per heavy atom. The molecule has 5 aromatic rings. The monoisotopic (exact) mass is 473 g/mol. The van der Waals surface area contributed by atoms with E-state index in [1.165, 1.54) is 12.1 Å². The highest BCUT2D eigenvalue weighted by Crippen LogP contribution is 2.32. The summed E-state index contributed by atoms with van der Waals surface area (Å²) >= 11 is 0.